The van der Waals surface area contributed by atoms with Crippen LogP contribution in [0.3, 0.4) is 0 Å². The summed E-state index contributed by atoms with van der Waals surface area (Å²) in [5.74, 6) is -1.08. The van der Waals surface area contributed by atoms with Crippen molar-refractivity contribution in [1.29, 1.82) is 0 Å². The summed E-state index contributed by atoms with van der Waals surface area (Å²) in [5, 5.41) is 19.9. The van der Waals surface area contributed by atoms with Crippen LogP contribution in [0, 0.1) is 10.1 Å². The fourth-order valence-electron chi connectivity index (χ4n) is 2.03. The molecule has 0 radical (unpaired) electrons. The van der Waals surface area contributed by atoms with E-state index in [1.54, 1.807) is 0 Å². The van der Waals surface area contributed by atoms with Crippen molar-refractivity contribution in [1.82, 2.24) is 0 Å². The van der Waals surface area contributed by atoms with Crippen LogP contribution in [0.25, 0.3) is 0 Å². The second-order valence-corrected chi connectivity index (χ2v) is 5.02. The number of nitrogens with zero attached hydrogens (tertiary/aromatic N) is 1. The predicted molar refractivity (Wildman–Crippen MR) is 78.9 cm³/mol. The van der Waals surface area contributed by atoms with E-state index in [1.807, 2.05) is 6.92 Å². The lowest BCUT2D eigenvalue weighted by molar-refractivity contribution is -0.386. The van der Waals surface area contributed by atoms with E-state index < -0.39 is 10.9 Å². The molecule has 1 rings (SSSR count). The zero-order valence-corrected chi connectivity index (χ0v) is 12.4. The first kappa shape index (κ1) is 16.9. The lowest BCUT2D eigenvalue weighted by atomic mass is 10.1. The van der Waals surface area contributed by atoms with E-state index in [4.69, 9.17) is 9.84 Å². The van der Waals surface area contributed by atoms with Crippen LogP contribution in [0.4, 0.5) is 5.69 Å². The molecule has 0 aliphatic carbocycles. The summed E-state index contributed by atoms with van der Waals surface area (Å²) in [5.41, 5.74) is -0.431. The van der Waals surface area contributed by atoms with Gasteiger partial charge in [-0.25, -0.2) is 4.79 Å². The maximum Gasteiger partial charge on any atom is 0.335 e. The van der Waals surface area contributed by atoms with Crippen molar-refractivity contribution in [3.63, 3.8) is 0 Å². The van der Waals surface area contributed by atoms with Gasteiger partial charge < -0.3 is 9.84 Å². The van der Waals surface area contributed by atoms with Crippen molar-refractivity contribution in [3.8, 4) is 5.75 Å². The van der Waals surface area contributed by atoms with E-state index in [2.05, 4.69) is 6.92 Å². The Bertz CT molecular complexity index is 501. The van der Waals surface area contributed by atoms with Crippen molar-refractivity contribution in [2.24, 2.45) is 0 Å². The maximum atomic E-state index is 11.0. The standard InChI is InChI=1S/C15H21NO5/c1-3-4-5-6-7-11(2)21-14-9-8-12(15(17)18)10-13(14)16(19)20/h8-11H,3-7H2,1-2H3,(H,17,18). The number of unbranched alkanes of at least 4 members (excludes halogenated alkanes) is 3. The van der Waals surface area contributed by atoms with Gasteiger partial charge >= 0.3 is 11.7 Å². The number of aromatic carboxylic acids is 1. The number of rotatable bonds is 9. The van der Waals surface area contributed by atoms with Crippen LogP contribution in [0.1, 0.15) is 56.3 Å². The van der Waals surface area contributed by atoms with Gasteiger partial charge in [0.2, 0.25) is 0 Å². The summed E-state index contributed by atoms with van der Waals surface area (Å²) >= 11 is 0. The molecule has 1 N–H and O–H groups in total. The topological polar surface area (TPSA) is 89.7 Å². The predicted octanol–water partition coefficient (Wildman–Crippen LogP) is 4.03. The third-order valence-electron chi connectivity index (χ3n) is 3.19. The molecule has 0 spiro atoms. The Morgan fingerprint density at radius 3 is 2.67 bits per heavy atom. The van der Waals surface area contributed by atoms with Gasteiger partial charge in [-0.1, -0.05) is 26.2 Å². The van der Waals surface area contributed by atoms with Gasteiger partial charge in [-0.3, -0.25) is 10.1 Å². The van der Waals surface area contributed by atoms with Crippen LogP contribution in [-0.2, 0) is 0 Å². The van der Waals surface area contributed by atoms with Gasteiger partial charge in [0.1, 0.15) is 0 Å². The third kappa shape index (κ3) is 5.41. The van der Waals surface area contributed by atoms with Crippen LogP contribution < -0.4 is 4.74 Å². The molecule has 0 saturated heterocycles. The Kier molecular flexibility index (Phi) is 6.65. The number of carbonyl (C=O) groups is 1. The first-order chi connectivity index (χ1) is 9.95. The minimum atomic E-state index is -1.20. The molecule has 6 nitrogen and oxygen atoms in total. The fraction of sp³-hybridized carbons (Fsp3) is 0.533. The molecule has 1 aromatic carbocycles. The van der Waals surface area contributed by atoms with Gasteiger partial charge in [-0.05, 0) is 31.9 Å². The highest BCUT2D eigenvalue weighted by Gasteiger charge is 2.20. The fourth-order valence-corrected chi connectivity index (χ4v) is 2.03. The normalized spacial score (nSPS) is 11.9. The number of nitro benzene ring substituents is 1. The van der Waals surface area contributed by atoms with E-state index >= 15 is 0 Å². The summed E-state index contributed by atoms with van der Waals surface area (Å²) in [6.45, 7) is 3.99. The largest absolute Gasteiger partial charge is 0.484 e. The van der Waals surface area contributed by atoms with Crippen molar-refractivity contribution < 1.29 is 19.6 Å². The minimum Gasteiger partial charge on any atom is -0.484 e. The average Bonchev–Trinajstić information content (AvgIpc) is 2.43. The highest BCUT2D eigenvalue weighted by molar-refractivity contribution is 5.88. The lowest BCUT2D eigenvalue weighted by Gasteiger charge is -2.14. The Hall–Kier alpha value is -2.11. The van der Waals surface area contributed by atoms with Crippen molar-refractivity contribution in [3.05, 3.63) is 33.9 Å². The summed E-state index contributed by atoms with van der Waals surface area (Å²) in [6, 6.07) is 3.69. The minimum absolute atomic E-state index is 0.119. The van der Waals surface area contributed by atoms with Gasteiger partial charge in [0.05, 0.1) is 16.6 Å². The van der Waals surface area contributed by atoms with Crippen molar-refractivity contribution in [2.75, 3.05) is 0 Å². The molecule has 6 heteroatoms. The van der Waals surface area contributed by atoms with Gasteiger partial charge in [0.25, 0.3) is 0 Å². The molecular weight excluding hydrogens is 274 g/mol. The number of benzene rings is 1. The van der Waals surface area contributed by atoms with Crippen LogP contribution in [-0.4, -0.2) is 22.1 Å². The van der Waals surface area contributed by atoms with Crippen molar-refractivity contribution in [2.45, 2.75) is 52.1 Å². The van der Waals surface area contributed by atoms with E-state index in [-0.39, 0.29) is 23.1 Å². The van der Waals surface area contributed by atoms with Crippen LogP contribution in [0.2, 0.25) is 0 Å². The quantitative estimate of drug-likeness (QED) is 0.422. The van der Waals surface area contributed by atoms with E-state index in [0.29, 0.717) is 0 Å². The van der Waals surface area contributed by atoms with E-state index in [1.165, 1.54) is 18.6 Å². The molecule has 1 unspecified atom stereocenters. The Labute approximate surface area is 123 Å². The molecule has 1 aromatic rings. The highest BCUT2D eigenvalue weighted by Crippen LogP contribution is 2.29. The Balaban J connectivity index is 2.73. The number of carboxylic acid groups (broad SMARTS) is 1. The summed E-state index contributed by atoms with van der Waals surface area (Å²) < 4.78 is 5.59. The maximum absolute atomic E-state index is 11.0. The summed E-state index contributed by atoms with van der Waals surface area (Å²) in [4.78, 5) is 21.2. The molecule has 0 aliphatic heterocycles. The number of hydrogen-bond acceptors (Lipinski definition) is 4. The van der Waals surface area contributed by atoms with E-state index in [0.717, 1.165) is 31.7 Å². The molecule has 0 aliphatic rings. The van der Waals surface area contributed by atoms with Crippen LogP contribution in [0.15, 0.2) is 18.2 Å². The summed E-state index contributed by atoms with van der Waals surface area (Å²) in [6.07, 6.45) is 5.12. The third-order valence-corrected chi connectivity index (χ3v) is 3.19. The number of hydrogen-bond donors (Lipinski definition) is 1. The van der Waals surface area contributed by atoms with Gasteiger partial charge in [-0.2, -0.15) is 0 Å². The Morgan fingerprint density at radius 2 is 2.10 bits per heavy atom. The summed E-state index contributed by atoms with van der Waals surface area (Å²) in [7, 11) is 0. The monoisotopic (exact) mass is 295 g/mol. The molecule has 0 fully saturated rings. The molecule has 21 heavy (non-hydrogen) atoms. The average molecular weight is 295 g/mol. The second kappa shape index (κ2) is 8.24. The van der Waals surface area contributed by atoms with Gasteiger partial charge in [-0.15, -0.1) is 0 Å². The molecule has 0 aromatic heterocycles. The van der Waals surface area contributed by atoms with Gasteiger partial charge in [0.15, 0.2) is 5.75 Å². The molecule has 116 valence electrons. The SMILES string of the molecule is CCCCCCC(C)Oc1ccc(C(=O)O)cc1[N+](=O)[O-]. The number of nitro groups is 1. The Morgan fingerprint density at radius 1 is 1.38 bits per heavy atom. The van der Waals surface area contributed by atoms with Crippen LogP contribution in [0.5, 0.6) is 5.75 Å². The first-order valence-electron chi connectivity index (χ1n) is 7.14. The van der Waals surface area contributed by atoms with Crippen LogP contribution >= 0.6 is 0 Å². The molecule has 0 heterocycles. The molecule has 0 amide bonds. The number of ether oxygens (including phenoxy) is 1. The lowest BCUT2D eigenvalue weighted by Crippen LogP contribution is -2.13. The molecular formula is C15H21NO5. The molecule has 0 saturated carbocycles. The molecule has 1 atom stereocenters. The number of carboxylic acids is 1. The van der Waals surface area contributed by atoms with E-state index in [9.17, 15) is 14.9 Å². The van der Waals surface area contributed by atoms with Crippen molar-refractivity contribution >= 4 is 11.7 Å². The van der Waals surface area contributed by atoms with Gasteiger partial charge in [0, 0.05) is 6.07 Å². The second-order valence-electron chi connectivity index (χ2n) is 5.02. The molecule has 0 bridgehead atoms. The smallest absolute Gasteiger partial charge is 0.335 e. The highest BCUT2D eigenvalue weighted by atomic mass is 16.6. The first-order valence-corrected chi connectivity index (χ1v) is 7.14. The zero-order chi connectivity index (χ0) is 15.8. The zero-order valence-electron chi connectivity index (χ0n) is 12.4.